The van der Waals surface area contributed by atoms with Crippen molar-refractivity contribution in [1.82, 2.24) is 54.4 Å². The molecule has 4 fully saturated rings. The van der Waals surface area contributed by atoms with Gasteiger partial charge in [-0.3, -0.25) is 42.3 Å². The highest BCUT2D eigenvalue weighted by molar-refractivity contribution is 7.93. The van der Waals surface area contributed by atoms with Crippen molar-refractivity contribution in [2.45, 2.75) is 97.0 Å². The van der Waals surface area contributed by atoms with E-state index in [0.717, 1.165) is 83.7 Å². The van der Waals surface area contributed by atoms with Gasteiger partial charge in [0.15, 0.2) is 10.9 Å². The van der Waals surface area contributed by atoms with Crippen molar-refractivity contribution in [3.63, 3.8) is 0 Å². The van der Waals surface area contributed by atoms with E-state index >= 15 is 0 Å². The number of ketones is 1. The number of halogens is 3. The van der Waals surface area contributed by atoms with Gasteiger partial charge >= 0.3 is 0 Å². The average Bonchev–Trinajstić information content (AvgIpc) is 1.04. The van der Waals surface area contributed by atoms with Crippen molar-refractivity contribution in [2.24, 2.45) is 0 Å². The third-order valence-electron chi connectivity index (χ3n) is 24.4. The molecule has 19 rings (SSSR count). The second kappa shape index (κ2) is 45.7. The Labute approximate surface area is 839 Å². The number of hydrogen-bond donors (Lipinski definition) is 4. The Morgan fingerprint density at radius 3 is 1.70 bits per heavy atom. The number of rotatable bonds is 23. The molecule has 0 spiro atoms. The van der Waals surface area contributed by atoms with Crippen LogP contribution < -0.4 is 54.0 Å². The summed E-state index contributed by atoms with van der Waals surface area (Å²) in [5, 5.41) is 12.8. The van der Waals surface area contributed by atoms with E-state index in [-0.39, 0.29) is 98.9 Å². The van der Waals surface area contributed by atoms with Crippen molar-refractivity contribution in [1.29, 1.82) is 0 Å². The van der Waals surface area contributed by atoms with E-state index in [1.807, 2.05) is 82.9 Å². The highest BCUT2D eigenvalue weighted by Crippen LogP contribution is 2.38. The summed E-state index contributed by atoms with van der Waals surface area (Å²) in [5.74, 6) is 0.697. The molecule has 44 heteroatoms. The summed E-state index contributed by atoms with van der Waals surface area (Å²) in [4.78, 5) is 102. The number of hydrogen-bond acceptors (Lipinski definition) is 29. The summed E-state index contributed by atoms with van der Waals surface area (Å²) < 4.78 is 125. The predicted molar refractivity (Wildman–Crippen MR) is 553 cm³/mol. The molecule has 140 heavy (non-hydrogen) atoms. The lowest BCUT2D eigenvalue weighted by Gasteiger charge is -2.41. The monoisotopic (exact) mass is 2060 g/mol. The van der Waals surface area contributed by atoms with Gasteiger partial charge in [0.2, 0.25) is 34.6 Å². The van der Waals surface area contributed by atoms with Gasteiger partial charge in [-0.05, 0) is 233 Å². The molecular formula is C96H113Cl2FN21O14S6-. The lowest BCUT2D eigenvalue weighted by atomic mass is 9.99. The van der Waals surface area contributed by atoms with Gasteiger partial charge in [-0.25, -0.2) is 54.6 Å². The van der Waals surface area contributed by atoms with Crippen LogP contribution in [0.3, 0.4) is 0 Å². The molecule has 11 heterocycles. The Bertz CT molecular complexity index is 6960. The minimum absolute atomic E-state index is 0. The Morgan fingerprint density at radius 1 is 0.579 bits per heavy atom. The Kier molecular flexibility index (Phi) is 33.0. The molecule has 6 aliphatic rings. The molecule has 2 unspecified atom stereocenters. The third-order valence-corrected chi connectivity index (χ3v) is 31.5. The molecule has 4 saturated heterocycles. The summed E-state index contributed by atoms with van der Waals surface area (Å²) in [7, 11) is -9.70. The molecule has 6 aliphatic heterocycles. The Morgan fingerprint density at radius 2 is 1.14 bits per heavy atom. The zero-order valence-corrected chi connectivity index (χ0v) is 83.0. The smallest absolute Gasteiger partial charge is 0.263 e. The van der Waals surface area contributed by atoms with Gasteiger partial charge in [0.25, 0.3) is 30.1 Å². The molecule has 0 saturated carbocycles. The van der Waals surface area contributed by atoms with Crippen molar-refractivity contribution >= 4 is 183 Å². The number of thiazole rings is 1. The number of aryl methyl sites for hydroxylation is 3. The maximum absolute atomic E-state index is 13.6. The zero-order chi connectivity index (χ0) is 98.9. The van der Waals surface area contributed by atoms with Gasteiger partial charge in [0.05, 0.1) is 33.7 Å². The second-order valence-electron chi connectivity index (χ2n) is 33.2. The van der Waals surface area contributed by atoms with E-state index < -0.39 is 41.2 Å². The lowest BCUT2D eigenvalue weighted by Crippen LogP contribution is -2.55. The van der Waals surface area contributed by atoms with Crippen molar-refractivity contribution in [2.75, 3.05) is 155 Å². The highest BCUT2D eigenvalue weighted by atomic mass is 35.5. The van der Waals surface area contributed by atoms with Gasteiger partial charge in [-0.2, -0.15) is 0 Å². The summed E-state index contributed by atoms with van der Waals surface area (Å²) in [6.07, 6.45) is 11.8. The number of ether oxygens (including phenoxy) is 1. The number of piperazine rings is 3. The van der Waals surface area contributed by atoms with E-state index in [1.165, 1.54) is 84.7 Å². The van der Waals surface area contributed by atoms with Crippen LogP contribution in [0, 0.1) is 12.7 Å². The van der Waals surface area contributed by atoms with Gasteiger partial charge in [-0.1, -0.05) is 70.9 Å². The van der Waals surface area contributed by atoms with Gasteiger partial charge < -0.3 is 63.7 Å². The number of amides is 4. The Hall–Kier alpha value is -13.3. The van der Waals surface area contributed by atoms with Crippen LogP contribution in [0.1, 0.15) is 80.6 Å². The van der Waals surface area contributed by atoms with Gasteiger partial charge in [-0.15, -0.1) is 21.5 Å². The first-order valence-electron chi connectivity index (χ1n) is 44.8. The number of sulfonamides is 3. The highest BCUT2D eigenvalue weighted by Gasteiger charge is 2.40. The maximum Gasteiger partial charge on any atom is 0.263 e. The molecular weight excluding hydrogens is 1950 g/mol. The molecule has 4 atom stereocenters. The molecule has 744 valence electrons. The van der Waals surface area contributed by atoms with Gasteiger partial charge in [0, 0.05) is 197 Å². The van der Waals surface area contributed by atoms with Crippen LogP contribution in [0.4, 0.5) is 60.4 Å². The van der Waals surface area contributed by atoms with Crippen molar-refractivity contribution < 1.29 is 75.7 Å². The maximum atomic E-state index is 13.6. The van der Waals surface area contributed by atoms with E-state index in [1.54, 1.807) is 149 Å². The Balaban J connectivity index is 0.000000208. The summed E-state index contributed by atoms with van der Waals surface area (Å²) >= 11 is 12.6. The summed E-state index contributed by atoms with van der Waals surface area (Å²) in [6, 6.07) is 55.7. The van der Waals surface area contributed by atoms with Crippen molar-refractivity contribution in [3.05, 3.63) is 274 Å². The van der Waals surface area contributed by atoms with E-state index in [2.05, 4.69) is 73.8 Å². The van der Waals surface area contributed by atoms with E-state index in [0.29, 0.717) is 135 Å². The minimum Gasteiger partial charge on any atom is -0.768 e. The standard InChI is InChI=1S/C25H25ClN6O3S.C22H22ClN5O3S2.C22H26FN3O3S.C22H22N4O4S2.C5H7N3O.6H2/c1-18(32-12-10-21-22(26)3-2-4-23(21)32)25(33)31-15-13-30(14-16-31)19-5-7-20(8-6-19)36(34,35)29-24-9-11-27-17-28-24;1-14-24-25-22(32-14)26-33(30,31)18-7-5-17(6-8-18)27-12-10-20(21(27)29)28-11-2-3-15-13-16(23)4-9-19(15)28;1-16(26-10-2-3-17-15-18(23)4-9-21(17)26)22(27)25-13-11-24(12-14-25)19-5-7-20(8-6-19)30(28)29;27-20(17-4-2-1-3-5-17)16-21(28)26-13-11-25(12-14-26)18-6-8-19(9-7-18)32(29,30)24-22-23-10-15-31-22;1-9-5-2-4(6)7-3-8-5;;;;;;/h2-12,17-18H,13-16H2,1H3,(H,27,28,29);4-9,13,20H,2-3,10-12H2,1H3,(H,25,26);4-9,15-16H,2-3,10-14H2,1H3,(H,28,29);1-10,15H,11-14,16H2,(H,23,24);2-3H,1H3,(H2,6,7,8);6*1H/p-1/t;20-;16-;;;;;;;;/m.01......../s1. The van der Waals surface area contributed by atoms with Crippen LogP contribution in [-0.2, 0) is 73.2 Å². The summed E-state index contributed by atoms with van der Waals surface area (Å²) in [6.45, 7) is 15.1. The predicted octanol–water partition coefficient (Wildman–Crippen LogP) is 14.6. The number of methoxy groups -OCH3 is 1. The normalized spacial score (nSPS) is 16.1. The molecule has 0 bridgehead atoms. The van der Waals surface area contributed by atoms with Crippen LogP contribution in [0.25, 0.3) is 10.9 Å². The van der Waals surface area contributed by atoms with Crippen molar-refractivity contribution in [3.8, 4) is 5.88 Å². The van der Waals surface area contributed by atoms with Crippen LogP contribution >= 0.6 is 45.9 Å². The first kappa shape index (κ1) is 101. The average molecular weight is 2070 g/mol. The quantitative estimate of drug-likeness (QED) is 0.0262. The first-order valence-corrected chi connectivity index (χ1v) is 52.8. The number of nitrogen functional groups attached to an aromatic ring is 1. The number of carbonyl (C=O) groups excluding carboxylic acids is 5. The zero-order valence-electron chi connectivity index (χ0n) is 76.6. The third kappa shape index (κ3) is 25.1. The number of anilines is 10. The molecule has 5 N–H and O–H groups in total. The van der Waals surface area contributed by atoms with Gasteiger partial charge in [0.1, 0.15) is 53.2 Å². The first-order chi connectivity index (χ1) is 67.3. The molecule has 35 nitrogen and oxygen atoms in total. The van der Waals surface area contributed by atoms with E-state index in [4.69, 9.17) is 33.7 Å². The largest absolute Gasteiger partial charge is 0.768 e. The minimum atomic E-state index is -3.78. The molecule has 4 amide bonds. The summed E-state index contributed by atoms with van der Waals surface area (Å²) in [5.41, 5.74) is 14.4. The number of nitrogens with one attached hydrogen (secondary N) is 3. The number of benzene rings is 8. The number of fused-ring (bicyclic) bond motifs is 3. The topological polar surface area (TPSA) is 424 Å². The molecule has 0 radical (unpaired) electrons. The van der Waals surface area contributed by atoms with Crippen LogP contribution in [0.15, 0.2) is 256 Å². The molecule has 0 aliphatic carbocycles. The lowest BCUT2D eigenvalue weighted by molar-refractivity contribution is -0.134. The fraction of sp³-hybridized carbons (Fsp3) is 0.292. The number of Topliss-reactive ketones (excluding diaryl/α,β-unsaturated/α-hetero) is 1. The fourth-order valence-electron chi connectivity index (χ4n) is 17.2. The number of carbonyl (C=O) groups is 5. The molecule has 5 aromatic heterocycles. The van der Waals surface area contributed by atoms with Crippen LogP contribution in [0.5, 0.6) is 5.88 Å². The second-order valence-corrected chi connectivity index (χ2v) is 42.1. The van der Waals surface area contributed by atoms with E-state index in [9.17, 15) is 62.4 Å². The van der Waals surface area contributed by atoms with Crippen LogP contribution in [-0.4, -0.2) is 235 Å². The SMILES string of the molecule is CC(C(=O)N1CCN(c2ccc(S(=O)(=O)Nc3ccncn3)cc2)CC1)n1ccc2c(Cl)cccc21.COc1cc(N)ncn1.C[C@H](C(=O)N1CCN(c2ccc(S(=O)[O-])cc2)CC1)N1CCCc2cc(F)ccc21.Cc1nnc(NS(=O)(=O)c2ccc(N3CC[C@H](N4CCCc5cc(Cl)ccc54)C3=O)cc2)s1.O=C(CC(=O)N1CCN(c2ccc(S(=O)(=O)Nc3nccs3)cc2)CC1)c1ccccc1.[HH].[HH].[HH].[HH].[HH].[HH]. The number of nitrogens with zero attached hydrogens (tertiary/aromatic N) is 17. The fourth-order valence-corrected chi connectivity index (χ4v) is 22.6. The molecule has 8 aromatic carbocycles. The molecule has 13 aromatic rings. The number of nitrogens with two attached hydrogens (primary N) is 1. The number of aromatic nitrogens is 8. The van der Waals surface area contributed by atoms with Crippen LogP contribution in [0.2, 0.25) is 10.0 Å².